The molecule has 0 aliphatic rings. The van der Waals surface area contributed by atoms with Crippen LogP contribution in [0.4, 0.5) is 0 Å². The molecule has 23 rings (SSSR count). The van der Waals surface area contributed by atoms with Gasteiger partial charge in [0.15, 0.2) is 0 Å². The summed E-state index contributed by atoms with van der Waals surface area (Å²) in [5.41, 5.74) is 36.9. The number of aromatic nitrogens is 12. The van der Waals surface area contributed by atoms with Crippen molar-refractivity contribution in [1.82, 2.24) is 56.6 Å². The zero-order chi connectivity index (χ0) is 89.0. The molecule has 12 nitrogen and oxygen atoms in total. The number of fused-ring (bicyclic) bond motifs is 18. The second kappa shape index (κ2) is 39.6. The van der Waals surface area contributed by atoms with Crippen molar-refractivity contribution in [3.05, 3.63) is 397 Å². The Morgan fingerprint density at radius 2 is 0.776 bits per heavy atom. The van der Waals surface area contributed by atoms with Crippen LogP contribution in [0.2, 0.25) is 0 Å². The zero-order valence-corrected chi connectivity index (χ0v) is 78.8. The van der Waals surface area contributed by atoms with Crippen LogP contribution in [0.5, 0.6) is 0 Å². The topological polar surface area (TPSA) is 97.9 Å². The van der Waals surface area contributed by atoms with Gasteiger partial charge in [-0.2, -0.15) is 0 Å². The van der Waals surface area contributed by atoms with E-state index in [4.69, 9.17) is 15.0 Å². The van der Waals surface area contributed by atoms with Gasteiger partial charge in [-0.3, -0.25) is 19.9 Å². The van der Waals surface area contributed by atoms with Crippen LogP contribution in [0.1, 0.15) is 133 Å². The molecular weight excluding hydrogens is 1810 g/mol. The first kappa shape index (κ1) is 92.9. The van der Waals surface area contributed by atoms with Gasteiger partial charge in [0.1, 0.15) is 0 Å². The summed E-state index contributed by atoms with van der Waals surface area (Å²) >= 11 is 0. The summed E-state index contributed by atoms with van der Waals surface area (Å²) in [6.07, 6.45) is 20.4. The Morgan fingerprint density at radius 3 is 1.25 bits per heavy atom. The van der Waals surface area contributed by atoms with Crippen molar-refractivity contribution < 1.29 is 20.1 Å². The predicted molar refractivity (Wildman–Crippen MR) is 563 cm³/mol. The van der Waals surface area contributed by atoms with Crippen LogP contribution in [-0.2, 0) is 39.4 Å². The second-order valence-corrected chi connectivity index (χ2v) is 35.7. The summed E-state index contributed by atoms with van der Waals surface area (Å²) < 4.78 is 16.0. The number of benzene rings is 13. The number of rotatable bonds is 17. The molecule has 0 aliphatic heterocycles. The fourth-order valence-corrected chi connectivity index (χ4v) is 20.0. The van der Waals surface area contributed by atoms with E-state index in [-0.39, 0.29) is 42.4 Å². The molecule has 0 bridgehead atoms. The molecule has 0 N–H and O–H groups in total. The molecule has 134 heavy (non-hydrogen) atoms. The fraction of sp³-hybridized carbons (Fsp3) is 0.198. The Hall–Kier alpha value is -14.4. The van der Waals surface area contributed by atoms with E-state index in [2.05, 4.69) is 380 Å². The van der Waals surface area contributed by atoms with E-state index in [1.807, 2.05) is 91.1 Å². The Labute approximate surface area is 801 Å². The number of nitrogens with zero attached hydrogens (tertiary/aromatic N) is 12. The van der Waals surface area contributed by atoms with Crippen LogP contribution in [0.25, 0.3) is 172 Å². The standard InChI is InChI=1S/C41H34N2.C33H28N4.C22H19N4.C22H25N2.3CH4.Ir/c1-3-28(2)24-29-20-22-30(23-21-29)31-25-32(42-38-16-8-4-12-34(38)35-13-5-9-17-39(35)42)27-33(26-31)43-40-18-10-6-14-36(40)37-15-7-11-19-41(37)43;1-3-22(2)18-23-19-24(36-28-12-6-4-10-26(28)32-30(36)14-8-16-34-32)21-25(20-23)37-29-13-7-5-11-27(29)33-31(37)15-9-17-35-33;1-13-10-14(2)19(15(3)11-13)17-6-5-7-18-20(17)25-9-8-23-22(25)26-12-16(4)24-21(18)26;1-5-16(2)13-19-14-17(3)21(18(4)15-19)24-12-11-23-22(24)20-9-7-6-8-10-20;;;;/h4-23,25-28H,3,24H2,1-2H3;4-17,19-22H,3,18H2,1-2H3;5-6,8-12H,1-4H3;6-9,11-12,14-16H,5,13H2,1-4H3;3*1H4;/q;;2*-1;;;;. The zero-order valence-electron chi connectivity index (χ0n) is 76.4. The third-order valence-electron chi connectivity index (χ3n) is 26.5. The first-order chi connectivity index (χ1) is 63.6. The normalized spacial score (nSPS) is 12.0. The van der Waals surface area contributed by atoms with E-state index >= 15 is 0 Å². The van der Waals surface area contributed by atoms with Gasteiger partial charge >= 0.3 is 0 Å². The summed E-state index contributed by atoms with van der Waals surface area (Å²) in [5.74, 6) is 3.82. The van der Waals surface area contributed by atoms with E-state index in [0.29, 0.717) is 11.8 Å². The summed E-state index contributed by atoms with van der Waals surface area (Å²) in [4.78, 5) is 23.4. The van der Waals surface area contributed by atoms with Gasteiger partial charge in [-0.15, -0.1) is 54.1 Å². The third kappa shape index (κ3) is 17.4. The van der Waals surface area contributed by atoms with E-state index in [0.717, 1.165) is 116 Å². The van der Waals surface area contributed by atoms with E-state index in [1.165, 1.54) is 151 Å². The number of para-hydroxylation sites is 6. The van der Waals surface area contributed by atoms with Crippen molar-refractivity contribution in [2.75, 3.05) is 0 Å². The molecule has 0 saturated heterocycles. The van der Waals surface area contributed by atoms with Gasteiger partial charge < -0.3 is 31.6 Å². The molecule has 0 amide bonds. The molecule has 10 heterocycles. The van der Waals surface area contributed by atoms with Crippen LogP contribution in [-0.4, -0.2) is 56.6 Å². The van der Waals surface area contributed by atoms with E-state index < -0.39 is 0 Å². The maximum atomic E-state index is 4.76. The SMILES string of the molecule is C.C.C.CCC(C)Cc1cc(-n2c3ccccc3c3ncccc32)cc(-n2c3ccccc3c3ncccc32)c1.CCC(C)Cc1cc(C)c(-n2ccnc2-c2[c-]cccc2)c(C)c1.CCC(C)Cc1ccc(-c2cc(-n3c4ccccc4c4ccccc43)cc(-n3c4ccccc4c4ccccc43)c2)cc1.Cc1cc(C)c(-c2cc[c-]c3c4nc(C)cn4c4nccn4c23)c(C)c1.[Ir]. The van der Waals surface area contributed by atoms with Crippen molar-refractivity contribution in [2.45, 2.75) is 144 Å². The summed E-state index contributed by atoms with van der Waals surface area (Å²) in [5, 5.41) is 8.46. The second-order valence-electron chi connectivity index (χ2n) is 35.7. The molecule has 13 aromatic carbocycles. The van der Waals surface area contributed by atoms with Gasteiger partial charge in [0.25, 0.3) is 0 Å². The van der Waals surface area contributed by atoms with Crippen molar-refractivity contribution in [1.29, 1.82) is 0 Å². The number of hydrogen-bond donors (Lipinski definition) is 0. The molecule has 0 saturated carbocycles. The molecule has 3 unspecified atom stereocenters. The van der Waals surface area contributed by atoms with Crippen molar-refractivity contribution >= 4 is 110 Å². The van der Waals surface area contributed by atoms with Crippen LogP contribution < -0.4 is 0 Å². The molecule has 0 aliphatic carbocycles. The van der Waals surface area contributed by atoms with Gasteiger partial charge in [0.05, 0.1) is 66.6 Å². The minimum atomic E-state index is 0. The molecule has 23 aromatic rings. The molecule has 1 radical (unpaired) electrons. The molecule has 10 aromatic heterocycles. The smallest absolute Gasteiger partial charge is 0.202 e. The van der Waals surface area contributed by atoms with E-state index in [1.54, 1.807) is 0 Å². The van der Waals surface area contributed by atoms with Crippen LogP contribution in [0.3, 0.4) is 0 Å². The van der Waals surface area contributed by atoms with Crippen LogP contribution >= 0.6 is 0 Å². The first-order valence-electron chi connectivity index (χ1n) is 46.0. The molecule has 13 heteroatoms. The van der Waals surface area contributed by atoms with Crippen molar-refractivity contribution in [3.63, 3.8) is 0 Å². The van der Waals surface area contributed by atoms with Gasteiger partial charge in [-0.1, -0.05) is 257 Å². The average molecular weight is 1930 g/mol. The molecule has 3 atom stereocenters. The van der Waals surface area contributed by atoms with Gasteiger partial charge in [0.2, 0.25) is 5.78 Å². The Balaban J connectivity index is 0.000000132. The summed E-state index contributed by atoms with van der Waals surface area (Å²) in [6, 6.07) is 112. The number of imidazole rings is 3. The molecular formula is C121H118IrN12-2. The van der Waals surface area contributed by atoms with Crippen LogP contribution in [0, 0.1) is 71.4 Å². The van der Waals surface area contributed by atoms with Gasteiger partial charge in [0, 0.05) is 130 Å². The minimum Gasteiger partial charge on any atom is -0.340 e. The number of aryl methyl sites for hydroxylation is 6. The van der Waals surface area contributed by atoms with Gasteiger partial charge in [-0.25, -0.2) is 4.98 Å². The van der Waals surface area contributed by atoms with Crippen LogP contribution in [0.15, 0.2) is 335 Å². The number of pyridine rings is 2. The third-order valence-corrected chi connectivity index (χ3v) is 26.5. The molecule has 0 spiro atoms. The Morgan fingerprint density at radius 1 is 0.351 bits per heavy atom. The first-order valence-corrected chi connectivity index (χ1v) is 46.0. The monoisotopic (exact) mass is 1930 g/mol. The van der Waals surface area contributed by atoms with Crippen molar-refractivity contribution in [3.8, 4) is 62.1 Å². The Kier molecular flexibility index (Phi) is 27.4. The quantitative estimate of drug-likeness (QED) is 0.0846. The fourth-order valence-electron chi connectivity index (χ4n) is 20.0. The maximum Gasteiger partial charge on any atom is 0.202 e. The Bertz CT molecular complexity index is 7660. The largest absolute Gasteiger partial charge is 0.340 e. The maximum absolute atomic E-state index is 4.76. The van der Waals surface area contributed by atoms with Crippen molar-refractivity contribution in [2.24, 2.45) is 17.8 Å². The summed E-state index contributed by atoms with van der Waals surface area (Å²) in [7, 11) is 0. The number of hydrogen-bond acceptors (Lipinski definition) is 5. The average Bonchev–Trinajstić information content (AvgIpc) is 1.44. The molecule has 673 valence electrons. The van der Waals surface area contributed by atoms with Gasteiger partial charge in [-0.05, 0) is 237 Å². The minimum absolute atomic E-state index is 0. The van der Waals surface area contributed by atoms with E-state index in [9.17, 15) is 0 Å². The summed E-state index contributed by atoms with van der Waals surface area (Å²) in [6.45, 7) is 26.7. The molecule has 0 fully saturated rings. The predicted octanol–water partition coefficient (Wildman–Crippen LogP) is 31.7.